The van der Waals surface area contributed by atoms with E-state index in [1.807, 2.05) is 32.0 Å². The van der Waals surface area contributed by atoms with E-state index in [9.17, 15) is 14.4 Å². The highest BCUT2D eigenvalue weighted by Crippen LogP contribution is 2.30. The molecule has 0 spiro atoms. The van der Waals surface area contributed by atoms with Crippen LogP contribution in [0.3, 0.4) is 0 Å². The minimum atomic E-state index is -0.616. The second-order valence-corrected chi connectivity index (χ2v) is 6.52. The van der Waals surface area contributed by atoms with E-state index in [2.05, 4.69) is 0 Å². The minimum Gasteiger partial charge on any atom is -0.294 e. The lowest BCUT2D eigenvalue weighted by atomic mass is 9.94. The predicted molar refractivity (Wildman–Crippen MR) is 92.7 cm³/mol. The number of benzene rings is 2. The summed E-state index contributed by atoms with van der Waals surface area (Å²) in [6.07, 6.45) is 1.33. The van der Waals surface area contributed by atoms with Crippen molar-refractivity contribution in [3.05, 3.63) is 70.3 Å². The molecule has 1 aliphatic carbocycles. The standard InChI is InChI=1S/C21H20O3/c1-13-10-14(2)12-15(11-13)19(22)9-5-8-18-20(23)16-6-3-4-7-17(16)21(18)24/h3-4,6-7,10-12,18H,5,8-9H2,1-2H3. The van der Waals surface area contributed by atoms with Crippen LogP contribution in [0.1, 0.15) is 61.5 Å². The molecule has 3 nitrogen and oxygen atoms in total. The fraction of sp³-hybridized carbons (Fsp3) is 0.286. The topological polar surface area (TPSA) is 51.2 Å². The summed E-state index contributed by atoms with van der Waals surface area (Å²) in [5.74, 6) is -0.754. The number of Topliss-reactive ketones (excluding diaryl/α,β-unsaturated/α-hetero) is 3. The molecule has 122 valence electrons. The summed E-state index contributed by atoms with van der Waals surface area (Å²) in [4.78, 5) is 37.0. The molecule has 0 bridgehead atoms. The number of fused-ring (bicyclic) bond motifs is 1. The summed E-state index contributed by atoms with van der Waals surface area (Å²) in [6, 6.07) is 12.8. The molecule has 0 aromatic heterocycles. The molecule has 1 aliphatic rings. The summed E-state index contributed by atoms with van der Waals surface area (Å²) in [6.45, 7) is 3.94. The molecule has 0 unspecified atom stereocenters. The van der Waals surface area contributed by atoms with Crippen molar-refractivity contribution in [2.24, 2.45) is 5.92 Å². The second kappa shape index (κ2) is 6.52. The molecule has 0 aliphatic heterocycles. The van der Waals surface area contributed by atoms with Crippen molar-refractivity contribution in [2.75, 3.05) is 0 Å². The Bertz CT molecular complexity index is 777. The molecule has 0 atom stereocenters. The van der Waals surface area contributed by atoms with Gasteiger partial charge in [-0.3, -0.25) is 14.4 Å². The van der Waals surface area contributed by atoms with Crippen molar-refractivity contribution in [1.29, 1.82) is 0 Å². The van der Waals surface area contributed by atoms with E-state index in [0.29, 0.717) is 36.0 Å². The van der Waals surface area contributed by atoms with E-state index in [-0.39, 0.29) is 17.3 Å². The average molecular weight is 320 g/mol. The zero-order valence-corrected chi connectivity index (χ0v) is 14.0. The minimum absolute atomic E-state index is 0.0669. The van der Waals surface area contributed by atoms with Gasteiger partial charge < -0.3 is 0 Å². The highest BCUT2D eigenvalue weighted by molar-refractivity contribution is 6.26. The summed E-state index contributed by atoms with van der Waals surface area (Å²) < 4.78 is 0. The molecule has 2 aromatic carbocycles. The molecular weight excluding hydrogens is 300 g/mol. The number of carbonyl (C=O) groups is 3. The van der Waals surface area contributed by atoms with Gasteiger partial charge in [0.15, 0.2) is 17.3 Å². The highest BCUT2D eigenvalue weighted by Gasteiger charge is 2.37. The maximum absolute atomic E-state index is 12.3. The summed E-state index contributed by atoms with van der Waals surface area (Å²) in [5, 5.41) is 0. The Kier molecular flexibility index (Phi) is 4.43. The summed E-state index contributed by atoms with van der Waals surface area (Å²) >= 11 is 0. The van der Waals surface area contributed by atoms with Gasteiger partial charge in [-0.05, 0) is 38.8 Å². The van der Waals surface area contributed by atoms with Crippen LogP contribution in [0, 0.1) is 19.8 Å². The molecule has 0 radical (unpaired) electrons. The zero-order valence-electron chi connectivity index (χ0n) is 14.0. The van der Waals surface area contributed by atoms with Gasteiger partial charge in [-0.1, -0.05) is 41.5 Å². The number of hydrogen-bond donors (Lipinski definition) is 0. The Morgan fingerprint density at radius 2 is 1.46 bits per heavy atom. The van der Waals surface area contributed by atoms with Gasteiger partial charge in [-0.15, -0.1) is 0 Å². The molecule has 24 heavy (non-hydrogen) atoms. The van der Waals surface area contributed by atoms with Gasteiger partial charge in [0, 0.05) is 23.1 Å². The first-order valence-corrected chi connectivity index (χ1v) is 8.26. The van der Waals surface area contributed by atoms with E-state index >= 15 is 0 Å². The maximum atomic E-state index is 12.3. The molecule has 0 N–H and O–H groups in total. The first-order valence-electron chi connectivity index (χ1n) is 8.26. The number of rotatable bonds is 5. The predicted octanol–water partition coefficient (Wildman–Crippen LogP) is 4.35. The van der Waals surface area contributed by atoms with E-state index in [4.69, 9.17) is 0 Å². The van der Waals surface area contributed by atoms with Crippen LogP contribution in [0.5, 0.6) is 0 Å². The van der Waals surface area contributed by atoms with Crippen LogP contribution < -0.4 is 0 Å². The Balaban J connectivity index is 1.62. The lowest BCUT2D eigenvalue weighted by Gasteiger charge is -2.07. The van der Waals surface area contributed by atoms with Gasteiger partial charge in [-0.25, -0.2) is 0 Å². The number of hydrogen-bond acceptors (Lipinski definition) is 3. The third-order valence-corrected chi connectivity index (χ3v) is 4.53. The fourth-order valence-electron chi connectivity index (χ4n) is 3.42. The van der Waals surface area contributed by atoms with E-state index < -0.39 is 5.92 Å². The molecule has 2 aromatic rings. The lowest BCUT2D eigenvalue weighted by Crippen LogP contribution is -2.15. The van der Waals surface area contributed by atoms with Crippen LogP contribution in [0.25, 0.3) is 0 Å². The second-order valence-electron chi connectivity index (χ2n) is 6.52. The molecule has 0 heterocycles. The van der Waals surface area contributed by atoms with Gasteiger partial charge in [0.2, 0.25) is 0 Å². The smallest absolute Gasteiger partial charge is 0.174 e. The molecule has 0 fully saturated rings. The zero-order chi connectivity index (χ0) is 17.3. The van der Waals surface area contributed by atoms with Gasteiger partial charge >= 0.3 is 0 Å². The van der Waals surface area contributed by atoms with E-state index in [1.165, 1.54) is 0 Å². The Morgan fingerprint density at radius 3 is 2.00 bits per heavy atom. The van der Waals surface area contributed by atoms with Gasteiger partial charge in [0.05, 0.1) is 5.92 Å². The Labute approximate surface area is 141 Å². The van der Waals surface area contributed by atoms with Gasteiger partial charge in [0.25, 0.3) is 0 Å². The third kappa shape index (κ3) is 3.07. The normalized spacial score (nSPS) is 14.1. The molecule has 0 saturated heterocycles. The number of aryl methyl sites for hydroxylation is 2. The molecule has 3 rings (SSSR count). The quantitative estimate of drug-likeness (QED) is 0.608. The van der Waals surface area contributed by atoms with Gasteiger partial charge in [-0.2, -0.15) is 0 Å². The largest absolute Gasteiger partial charge is 0.294 e. The van der Waals surface area contributed by atoms with Crippen LogP contribution in [-0.2, 0) is 0 Å². The van der Waals surface area contributed by atoms with Crippen LogP contribution in [0.15, 0.2) is 42.5 Å². The lowest BCUT2D eigenvalue weighted by molar-refractivity contribution is 0.0821. The maximum Gasteiger partial charge on any atom is 0.174 e. The molecular formula is C21H20O3. The van der Waals surface area contributed by atoms with Crippen molar-refractivity contribution in [2.45, 2.75) is 33.1 Å². The van der Waals surface area contributed by atoms with Crippen LogP contribution in [0.2, 0.25) is 0 Å². The SMILES string of the molecule is Cc1cc(C)cc(C(=O)CCCC2C(=O)c3ccccc3C2=O)c1. The number of carbonyl (C=O) groups excluding carboxylic acids is 3. The van der Waals surface area contributed by atoms with Crippen molar-refractivity contribution < 1.29 is 14.4 Å². The van der Waals surface area contributed by atoms with Crippen molar-refractivity contribution in [3.63, 3.8) is 0 Å². The van der Waals surface area contributed by atoms with Crippen LogP contribution in [-0.4, -0.2) is 17.3 Å². The first-order chi connectivity index (χ1) is 11.5. The fourth-order valence-corrected chi connectivity index (χ4v) is 3.42. The van der Waals surface area contributed by atoms with Crippen molar-refractivity contribution in [1.82, 2.24) is 0 Å². The summed E-state index contributed by atoms with van der Waals surface area (Å²) in [5.41, 5.74) is 3.88. The summed E-state index contributed by atoms with van der Waals surface area (Å²) in [7, 11) is 0. The van der Waals surface area contributed by atoms with Crippen molar-refractivity contribution >= 4 is 17.3 Å². The van der Waals surface area contributed by atoms with Gasteiger partial charge in [0.1, 0.15) is 0 Å². The highest BCUT2D eigenvalue weighted by atomic mass is 16.2. The van der Waals surface area contributed by atoms with Crippen LogP contribution >= 0.6 is 0 Å². The Morgan fingerprint density at radius 1 is 0.917 bits per heavy atom. The average Bonchev–Trinajstić information content (AvgIpc) is 2.79. The van der Waals surface area contributed by atoms with E-state index in [0.717, 1.165) is 11.1 Å². The monoisotopic (exact) mass is 320 g/mol. The Hall–Kier alpha value is -2.55. The van der Waals surface area contributed by atoms with Crippen LogP contribution in [0.4, 0.5) is 0 Å². The molecule has 0 saturated carbocycles. The molecule has 3 heteroatoms. The molecule has 0 amide bonds. The third-order valence-electron chi connectivity index (χ3n) is 4.53. The first kappa shape index (κ1) is 16.3. The number of ketones is 3. The van der Waals surface area contributed by atoms with Crippen molar-refractivity contribution in [3.8, 4) is 0 Å². The van der Waals surface area contributed by atoms with E-state index in [1.54, 1.807) is 24.3 Å².